The molecule has 0 N–H and O–H groups in total. The molecule has 1 nitrogen and oxygen atoms in total. The molecule has 0 fully saturated rings. The van der Waals surface area contributed by atoms with Crippen molar-refractivity contribution in [3.63, 3.8) is 0 Å². The summed E-state index contributed by atoms with van der Waals surface area (Å²) in [6, 6.07) is 2.31. The van der Waals surface area contributed by atoms with Gasteiger partial charge in [0.1, 0.15) is 12.1 Å². The van der Waals surface area contributed by atoms with Gasteiger partial charge in [-0.05, 0) is 34.1 Å². The first-order valence-electron chi connectivity index (χ1n) is 3.06. The molecule has 0 radical (unpaired) electrons. The largest absolute Gasteiger partial charge is 0.298 e. The van der Waals surface area contributed by atoms with Gasteiger partial charge in [-0.1, -0.05) is 0 Å². The maximum Gasteiger partial charge on any atom is 0.150 e. The monoisotopic (exact) mass is 203 g/mol. The molecule has 0 heterocycles. The number of halogens is 2. The molecule has 1 aromatic rings. The van der Waals surface area contributed by atoms with Gasteiger partial charge >= 0.3 is 0 Å². The third-order valence-corrected chi connectivity index (χ3v) is 1.58. The topological polar surface area (TPSA) is 17.1 Å². The third kappa shape index (κ3) is 1.42. The minimum Gasteiger partial charge on any atom is -0.298 e. The zero-order valence-electron chi connectivity index (χ0n) is 5.90. The van der Waals surface area contributed by atoms with Crippen LogP contribution in [0.1, 0.15) is 11.7 Å². The first kappa shape index (κ1) is 6.04. The number of rotatable bonds is 1. The molecule has 52 valence electrons. The van der Waals surface area contributed by atoms with E-state index in [0.29, 0.717) is 6.29 Å². The van der Waals surface area contributed by atoms with Gasteiger partial charge in [-0.15, -0.1) is 0 Å². The Morgan fingerprint density at radius 2 is 2.40 bits per heavy atom. The van der Waals surface area contributed by atoms with Crippen LogP contribution in [0.4, 0.5) is 4.39 Å². The summed E-state index contributed by atoms with van der Waals surface area (Å²) in [5.74, 6) is -0.527. The van der Waals surface area contributed by atoms with Crippen molar-refractivity contribution < 1.29 is 10.6 Å². The van der Waals surface area contributed by atoms with Gasteiger partial charge in [0.2, 0.25) is 0 Å². The highest BCUT2D eigenvalue weighted by Gasteiger charge is 1.97. The molecular weight excluding hydrogens is 199 g/mol. The van der Waals surface area contributed by atoms with E-state index in [-0.39, 0.29) is 16.1 Å². The number of carbonyl (C=O) groups is 1. The van der Waals surface area contributed by atoms with Crippen molar-refractivity contribution in [2.75, 3.05) is 0 Å². The van der Waals surface area contributed by atoms with E-state index in [4.69, 9.17) is 1.37 Å². The summed E-state index contributed by atoms with van der Waals surface area (Å²) in [6.45, 7) is 0. The predicted octanol–water partition coefficient (Wildman–Crippen LogP) is 2.40. The molecule has 0 atom stereocenters. The molecule has 0 spiro atoms. The van der Waals surface area contributed by atoms with Gasteiger partial charge in [0.15, 0.2) is 0 Å². The summed E-state index contributed by atoms with van der Waals surface area (Å²) in [5.41, 5.74) is 0.179. The molecule has 0 aliphatic rings. The summed E-state index contributed by atoms with van der Waals surface area (Å²) in [7, 11) is 0. The molecule has 0 saturated carbocycles. The number of hydrogen-bond acceptors (Lipinski definition) is 1. The second kappa shape index (κ2) is 2.92. The Kier molecular flexibility index (Phi) is 1.77. The van der Waals surface area contributed by atoms with Crippen LogP contribution in [-0.4, -0.2) is 6.29 Å². The number of carbonyl (C=O) groups excluding carboxylic acids is 1. The van der Waals surface area contributed by atoms with E-state index in [9.17, 15) is 9.18 Å². The van der Waals surface area contributed by atoms with Crippen molar-refractivity contribution in [1.29, 1.82) is 0 Å². The van der Waals surface area contributed by atoms with E-state index in [1.807, 2.05) is 0 Å². The molecule has 1 rings (SSSR count). The Balaban J connectivity index is 3.36. The summed E-state index contributed by atoms with van der Waals surface area (Å²) in [6.07, 6.45) is 0.520. The van der Waals surface area contributed by atoms with Gasteiger partial charge in [0.25, 0.3) is 0 Å². The van der Waals surface area contributed by atoms with E-state index >= 15 is 0 Å². The van der Waals surface area contributed by atoms with Crippen molar-refractivity contribution in [1.82, 2.24) is 0 Å². The zero-order valence-corrected chi connectivity index (χ0v) is 6.48. The van der Waals surface area contributed by atoms with Gasteiger partial charge in [0.05, 0.1) is 5.84 Å². The molecule has 0 aromatic heterocycles. The van der Waals surface area contributed by atoms with Crippen molar-refractivity contribution in [3.8, 4) is 0 Å². The molecule has 0 aliphatic heterocycles. The maximum absolute atomic E-state index is 12.6. The lowest BCUT2D eigenvalue weighted by molar-refractivity contribution is 0.112. The Morgan fingerprint density at radius 1 is 1.70 bits per heavy atom. The molecule has 0 amide bonds. The quantitative estimate of drug-likeness (QED) is 0.642. The van der Waals surface area contributed by atoms with Gasteiger partial charge in [-0.25, -0.2) is 4.39 Å². The van der Waals surface area contributed by atoms with Crippen LogP contribution in [-0.2, 0) is 0 Å². The highest BCUT2D eigenvalue weighted by Crippen LogP contribution is 2.15. The van der Waals surface area contributed by atoms with Crippen LogP contribution < -0.4 is 0 Å². The normalized spacial score (nSPS) is 10.8. The van der Waals surface area contributed by atoms with Crippen molar-refractivity contribution in [2.24, 2.45) is 0 Å². The Labute approximate surface area is 67.4 Å². The van der Waals surface area contributed by atoms with Crippen LogP contribution in [0, 0.1) is 5.82 Å². The lowest BCUT2D eigenvalue weighted by Crippen LogP contribution is -1.81. The van der Waals surface area contributed by atoms with Gasteiger partial charge in [0, 0.05) is 5.56 Å². The molecule has 0 unspecified atom stereocenters. The molecular formula is C7H4BrFO. The van der Waals surface area contributed by atoms with E-state index < -0.39 is 5.82 Å². The molecule has 0 saturated heterocycles. The number of aldehydes is 1. The summed E-state index contributed by atoms with van der Waals surface area (Å²) >= 11 is 2.85. The lowest BCUT2D eigenvalue weighted by atomic mass is 10.2. The Bertz CT molecular complexity index is 301. The third-order valence-electron chi connectivity index (χ3n) is 1.000. The van der Waals surface area contributed by atoms with E-state index in [1.54, 1.807) is 0 Å². The van der Waals surface area contributed by atoms with E-state index in [0.717, 1.165) is 6.07 Å². The van der Waals surface area contributed by atoms with Crippen LogP contribution in [0.5, 0.6) is 0 Å². The molecule has 10 heavy (non-hydrogen) atoms. The van der Waals surface area contributed by atoms with Crippen LogP contribution in [0.25, 0.3) is 0 Å². The van der Waals surface area contributed by atoms with Crippen molar-refractivity contribution in [2.45, 2.75) is 0 Å². The van der Waals surface area contributed by atoms with Gasteiger partial charge < -0.3 is 0 Å². The smallest absolute Gasteiger partial charge is 0.150 e. The van der Waals surface area contributed by atoms with Crippen LogP contribution in [0.3, 0.4) is 0 Å². The lowest BCUT2D eigenvalue weighted by Gasteiger charge is -1.92. The molecule has 1 aromatic carbocycles. The highest BCUT2D eigenvalue weighted by molar-refractivity contribution is 9.10. The molecule has 0 bridgehead atoms. The molecule has 0 aliphatic carbocycles. The second-order valence-electron chi connectivity index (χ2n) is 1.69. The minimum atomic E-state index is -0.527. The molecule has 3 heteroatoms. The van der Waals surface area contributed by atoms with Gasteiger partial charge in [-0.2, -0.15) is 0 Å². The predicted molar refractivity (Wildman–Crippen MR) is 39.5 cm³/mol. The summed E-state index contributed by atoms with van der Waals surface area (Å²) < 4.78 is 19.9. The second-order valence-corrected chi connectivity index (χ2v) is 2.49. The maximum atomic E-state index is 12.6. The summed E-state index contributed by atoms with van der Waals surface area (Å²) in [4.78, 5) is 10.2. The van der Waals surface area contributed by atoms with Crippen LogP contribution in [0.2, 0.25) is 0 Å². The minimum absolute atomic E-state index is 0.0297. The fourth-order valence-corrected chi connectivity index (χ4v) is 0.894. The standard InChI is InChI=1S/C7H4BrFO/c8-6-3-5(4-10)1-2-7(6)9/h1-4H/i3D. The summed E-state index contributed by atoms with van der Waals surface area (Å²) in [5, 5.41) is 0. The first-order chi connectivity index (χ1) is 5.16. The first-order valence-corrected chi connectivity index (χ1v) is 3.36. The fourth-order valence-electron chi connectivity index (χ4n) is 0.533. The van der Waals surface area contributed by atoms with Crippen molar-refractivity contribution in [3.05, 3.63) is 34.0 Å². The van der Waals surface area contributed by atoms with Gasteiger partial charge in [-0.3, -0.25) is 4.79 Å². The SMILES string of the molecule is [2H]c1c(C=O)ccc(F)c1Br. The van der Waals surface area contributed by atoms with E-state index in [1.165, 1.54) is 6.07 Å². The Hall–Kier alpha value is -0.700. The van der Waals surface area contributed by atoms with Crippen LogP contribution >= 0.6 is 15.9 Å². The van der Waals surface area contributed by atoms with Crippen LogP contribution in [0.15, 0.2) is 22.6 Å². The van der Waals surface area contributed by atoms with Crippen molar-refractivity contribution >= 4 is 22.2 Å². The fraction of sp³-hybridized carbons (Fsp3) is 0. The average Bonchev–Trinajstić information content (AvgIpc) is 2.01. The highest BCUT2D eigenvalue weighted by atomic mass is 79.9. The number of hydrogen-bond donors (Lipinski definition) is 0. The number of benzene rings is 1. The average molecular weight is 204 g/mol. The zero-order chi connectivity index (χ0) is 8.43. The Morgan fingerprint density at radius 3 is 3.00 bits per heavy atom. The van der Waals surface area contributed by atoms with E-state index in [2.05, 4.69) is 15.9 Å².